The molecule has 2 heterocycles. The first-order chi connectivity index (χ1) is 12.6. The highest BCUT2D eigenvalue weighted by atomic mass is 32.1. The second-order valence-corrected chi connectivity index (χ2v) is 6.76. The number of hydrogen-bond acceptors (Lipinski definition) is 5. The van der Waals surface area contributed by atoms with Crippen LogP contribution in [0, 0.1) is 5.82 Å². The maximum atomic E-state index is 13.1. The van der Waals surface area contributed by atoms with Gasteiger partial charge in [0.25, 0.3) is 0 Å². The molecule has 0 bridgehead atoms. The molecule has 1 aromatic carbocycles. The van der Waals surface area contributed by atoms with E-state index >= 15 is 0 Å². The fourth-order valence-corrected chi connectivity index (χ4v) is 3.16. The summed E-state index contributed by atoms with van der Waals surface area (Å²) in [4.78, 5) is 23.0. The molecule has 26 heavy (non-hydrogen) atoms. The number of carbonyl (C=O) groups is 1. The lowest BCUT2D eigenvalue weighted by molar-refractivity contribution is -0.132. The molecule has 0 spiro atoms. The SMILES string of the molecule is Nc1nc(CCC(=O)N(Cc2ccc(F)cc2)Cc2ccccn2)cs1. The molecule has 0 unspecified atom stereocenters. The zero-order chi connectivity index (χ0) is 18.4. The first-order valence-corrected chi connectivity index (χ1v) is 9.10. The van der Waals surface area contributed by atoms with Gasteiger partial charge in [0.1, 0.15) is 5.82 Å². The van der Waals surface area contributed by atoms with Gasteiger partial charge in [-0.3, -0.25) is 9.78 Å². The summed E-state index contributed by atoms with van der Waals surface area (Å²) in [5.74, 6) is -0.302. The molecule has 0 aliphatic heterocycles. The average molecular weight is 370 g/mol. The normalized spacial score (nSPS) is 10.7. The van der Waals surface area contributed by atoms with E-state index in [0.29, 0.717) is 31.1 Å². The van der Waals surface area contributed by atoms with E-state index in [9.17, 15) is 9.18 Å². The molecule has 134 valence electrons. The number of aryl methyl sites for hydroxylation is 1. The molecule has 3 rings (SSSR count). The predicted molar refractivity (Wildman–Crippen MR) is 99.7 cm³/mol. The van der Waals surface area contributed by atoms with Gasteiger partial charge in [0, 0.05) is 24.5 Å². The van der Waals surface area contributed by atoms with Crippen molar-refractivity contribution < 1.29 is 9.18 Å². The third kappa shape index (κ3) is 5.10. The van der Waals surface area contributed by atoms with E-state index in [-0.39, 0.29) is 11.7 Å². The maximum absolute atomic E-state index is 13.1. The number of carbonyl (C=O) groups excluding carboxylic acids is 1. The number of thiazole rings is 1. The number of pyridine rings is 1. The monoisotopic (exact) mass is 370 g/mol. The van der Waals surface area contributed by atoms with Crippen LogP contribution in [-0.4, -0.2) is 20.8 Å². The fourth-order valence-electron chi connectivity index (χ4n) is 2.56. The van der Waals surface area contributed by atoms with Crippen LogP contribution in [-0.2, 0) is 24.3 Å². The van der Waals surface area contributed by atoms with Crippen molar-refractivity contribution in [3.8, 4) is 0 Å². The highest BCUT2D eigenvalue weighted by Crippen LogP contribution is 2.15. The minimum absolute atomic E-state index is 0.00782. The van der Waals surface area contributed by atoms with Gasteiger partial charge in [0.2, 0.25) is 5.91 Å². The van der Waals surface area contributed by atoms with Gasteiger partial charge in [0.05, 0.1) is 17.9 Å². The Labute approximate surface area is 155 Å². The number of nitrogens with two attached hydrogens (primary N) is 1. The highest BCUT2D eigenvalue weighted by molar-refractivity contribution is 7.13. The minimum Gasteiger partial charge on any atom is -0.375 e. The smallest absolute Gasteiger partial charge is 0.223 e. The molecule has 3 aromatic rings. The largest absolute Gasteiger partial charge is 0.375 e. The second kappa shape index (κ2) is 8.53. The molecular weight excluding hydrogens is 351 g/mol. The van der Waals surface area contributed by atoms with Crippen LogP contribution in [0.3, 0.4) is 0 Å². The van der Waals surface area contributed by atoms with Crippen molar-refractivity contribution >= 4 is 22.4 Å². The van der Waals surface area contributed by atoms with Crippen LogP contribution in [0.1, 0.15) is 23.4 Å². The summed E-state index contributed by atoms with van der Waals surface area (Å²) in [6.07, 6.45) is 2.57. The molecule has 0 saturated heterocycles. The number of aromatic nitrogens is 2. The van der Waals surface area contributed by atoms with Crippen molar-refractivity contribution in [2.45, 2.75) is 25.9 Å². The number of halogens is 1. The summed E-state index contributed by atoms with van der Waals surface area (Å²) in [6, 6.07) is 11.8. The Kier molecular flexibility index (Phi) is 5.91. The van der Waals surface area contributed by atoms with Crippen LogP contribution in [0.4, 0.5) is 9.52 Å². The third-order valence-electron chi connectivity index (χ3n) is 3.88. The average Bonchev–Trinajstić information content (AvgIpc) is 3.07. The van der Waals surface area contributed by atoms with Gasteiger partial charge in [-0.15, -0.1) is 11.3 Å². The Balaban J connectivity index is 1.70. The van der Waals surface area contributed by atoms with Crippen LogP contribution in [0.2, 0.25) is 0 Å². The molecule has 5 nitrogen and oxygen atoms in total. The zero-order valence-electron chi connectivity index (χ0n) is 14.1. The standard InChI is InChI=1S/C19H19FN4OS/c20-15-6-4-14(5-7-15)11-24(12-16-3-1-2-10-22-16)18(25)9-8-17-13-26-19(21)23-17/h1-7,10,13H,8-9,11-12H2,(H2,21,23). The molecule has 0 saturated carbocycles. The van der Waals surface area contributed by atoms with E-state index in [4.69, 9.17) is 5.73 Å². The number of rotatable bonds is 7. The lowest BCUT2D eigenvalue weighted by Crippen LogP contribution is -2.30. The van der Waals surface area contributed by atoms with Gasteiger partial charge in [-0.05, 0) is 36.2 Å². The van der Waals surface area contributed by atoms with E-state index in [2.05, 4.69) is 9.97 Å². The molecule has 0 aliphatic rings. The first-order valence-electron chi connectivity index (χ1n) is 8.22. The van der Waals surface area contributed by atoms with E-state index in [1.165, 1.54) is 23.5 Å². The van der Waals surface area contributed by atoms with Crippen molar-refractivity contribution in [1.82, 2.24) is 14.9 Å². The molecular formula is C19H19FN4OS. The number of nitrogens with zero attached hydrogens (tertiary/aromatic N) is 3. The van der Waals surface area contributed by atoms with Gasteiger partial charge >= 0.3 is 0 Å². The van der Waals surface area contributed by atoms with Crippen molar-refractivity contribution in [3.63, 3.8) is 0 Å². The van der Waals surface area contributed by atoms with Crippen LogP contribution >= 0.6 is 11.3 Å². The molecule has 2 aromatic heterocycles. The number of anilines is 1. The summed E-state index contributed by atoms with van der Waals surface area (Å²) < 4.78 is 13.1. The van der Waals surface area contributed by atoms with Gasteiger partial charge in [-0.25, -0.2) is 9.37 Å². The van der Waals surface area contributed by atoms with Crippen LogP contribution < -0.4 is 5.73 Å². The number of nitrogen functional groups attached to an aromatic ring is 1. The summed E-state index contributed by atoms with van der Waals surface area (Å²) >= 11 is 1.37. The van der Waals surface area contributed by atoms with E-state index in [1.807, 2.05) is 23.6 Å². The Morgan fingerprint density at radius 1 is 1.12 bits per heavy atom. The first kappa shape index (κ1) is 18.0. The zero-order valence-corrected chi connectivity index (χ0v) is 15.0. The Morgan fingerprint density at radius 2 is 1.92 bits per heavy atom. The molecule has 7 heteroatoms. The molecule has 0 radical (unpaired) electrons. The van der Waals surface area contributed by atoms with Crippen LogP contribution in [0.5, 0.6) is 0 Å². The quantitative estimate of drug-likeness (QED) is 0.692. The van der Waals surface area contributed by atoms with Gasteiger partial charge in [0.15, 0.2) is 5.13 Å². The molecule has 0 fully saturated rings. The van der Waals surface area contributed by atoms with E-state index in [1.54, 1.807) is 23.2 Å². The summed E-state index contributed by atoms with van der Waals surface area (Å²) in [5, 5.41) is 2.37. The van der Waals surface area contributed by atoms with E-state index in [0.717, 1.165) is 17.0 Å². The minimum atomic E-state index is -0.294. The maximum Gasteiger partial charge on any atom is 0.223 e. The van der Waals surface area contributed by atoms with Crippen LogP contribution in [0.25, 0.3) is 0 Å². The van der Waals surface area contributed by atoms with Crippen molar-refractivity contribution in [2.24, 2.45) is 0 Å². The van der Waals surface area contributed by atoms with E-state index < -0.39 is 0 Å². The molecule has 0 aliphatic carbocycles. The number of hydrogen-bond donors (Lipinski definition) is 1. The summed E-state index contributed by atoms with van der Waals surface area (Å²) in [6.45, 7) is 0.797. The Hall–Kier alpha value is -2.80. The van der Waals surface area contributed by atoms with Crippen molar-refractivity contribution in [2.75, 3.05) is 5.73 Å². The summed E-state index contributed by atoms with van der Waals surface area (Å²) in [7, 11) is 0. The Morgan fingerprint density at radius 3 is 2.58 bits per heavy atom. The lowest BCUT2D eigenvalue weighted by atomic mass is 10.1. The summed E-state index contributed by atoms with van der Waals surface area (Å²) in [5.41, 5.74) is 8.13. The van der Waals surface area contributed by atoms with Gasteiger partial charge in [-0.2, -0.15) is 0 Å². The highest BCUT2D eigenvalue weighted by Gasteiger charge is 2.16. The second-order valence-electron chi connectivity index (χ2n) is 5.87. The van der Waals surface area contributed by atoms with Crippen molar-refractivity contribution in [1.29, 1.82) is 0 Å². The van der Waals surface area contributed by atoms with Gasteiger partial charge in [-0.1, -0.05) is 18.2 Å². The fraction of sp³-hybridized carbons (Fsp3) is 0.211. The lowest BCUT2D eigenvalue weighted by Gasteiger charge is -2.22. The Bertz CT molecular complexity index is 851. The number of amides is 1. The number of benzene rings is 1. The third-order valence-corrected chi connectivity index (χ3v) is 4.61. The van der Waals surface area contributed by atoms with Gasteiger partial charge < -0.3 is 10.6 Å². The topological polar surface area (TPSA) is 72.1 Å². The molecule has 1 amide bonds. The molecule has 2 N–H and O–H groups in total. The molecule has 0 atom stereocenters. The van der Waals surface area contributed by atoms with Crippen LogP contribution in [0.15, 0.2) is 54.0 Å². The predicted octanol–water partition coefficient (Wildman–Crippen LogP) is 3.42. The van der Waals surface area contributed by atoms with Crippen molar-refractivity contribution in [3.05, 3.63) is 76.8 Å².